The SMILES string of the molecule is CC(=CC(=O)OCC(O)C(O)CO)CCCC(C)CCCC(C)CCCC(C)C. The molecule has 0 spiro atoms. The standard InChI is InChI=1S/C24H46O5/c1-18(2)9-6-10-19(3)11-7-12-20(4)13-8-14-21(5)15-24(28)29-17-23(27)22(26)16-25/h15,18-20,22-23,25-27H,6-14,16-17H2,1-5H3. The molecule has 0 aliphatic heterocycles. The minimum atomic E-state index is -1.29. The lowest BCUT2D eigenvalue weighted by atomic mass is 9.91. The van der Waals surface area contributed by atoms with E-state index in [1.54, 1.807) is 0 Å². The van der Waals surface area contributed by atoms with Gasteiger partial charge in [-0.2, -0.15) is 0 Å². The van der Waals surface area contributed by atoms with Gasteiger partial charge in [-0.25, -0.2) is 4.79 Å². The molecule has 0 radical (unpaired) electrons. The van der Waals surface area contributed by atoms with E-state index in [0.29, 0.717) is 5.92 Å². The van der Waals surface area contributed by atoms with E-state index in [0.717, 1.165) is 36.7 Å². The molecule has 0 rings (SSSR count). The summed E-state index contributed by atoms with van der Waals surface area (Å²) < 4.78 is 4.90. The van der Waals surface area contributed by atoms with Crippen molar-refractivity contribution in [2.45, 2.75) is 105 Å². The maximum Gasteiger partial charge on any atom is 0.330 e. The van der Waals surface area contributed by atoms with Crippen molar-refractivity contribution in [1.29, 1.82) is 0 Å². The first-order valence-electron chi connectivity index (χ1n) is 11.5. The van der Waals surface area contributed by atoms with Crippen LogP contribution in [0, 0.1) is 17.8 Å². The van der Waals surface area contributed by atoms with Gasteiger partial charge in [-0.15, -0.1) is 0 Å². The zero-order chi connectivity index (χ0) is 22.2. The van der Waals surface area contributed by atoms with Crippen molar-refractivity contribution in [1.82, 2.24) is 0 Å². The van der Waals surface area contributed by atoms with Gasteiger partial charge in [0.25, 0.3) is 0 Å². The Hall–Kier alpha value is -0.910. The number of aliphatic hydroxyl groups excluding tert-OH is 3. The second-order valence-electron chi connectivity index (χ2n) is 9.30. The molecular weight excluding hydrogens is 368 g/mol. The summed E-state index contributed by atoms with van der Waals surface area (Å²) in [6.45, 7) is 10.3. The molecule has 172 valence electrons. The van der Waals surface area contributed by atoms with Gasteiger partial charge in [-0.05, 0) is 37.5 Å². The average Bonchev–Trinajstić information content (AvgIpc) is 2.65. The van der Waals surface area contributed by atoms with Gasteiger partial charge in [0.2, 0.25) is 0 Å². The molecule has 0 aliphatic rings. The lowest BCUT2D eigenvalue weighted by Crippen LogP contribution is -2.33. The van der Waals surface area contributed by atoms with Crippen molar-refractivity contribution in [3.8, 4) is 0 Å². The normalized spacial score (nSPS) is 16.5. The molecule has 0 saturated carbocycles. The van der Waals surface area contributed by atoms with Gasteiger partial charge in [0.1, 0.15) is 18.8 Å². The van der Waals surface area contributed by atoms with Crippen molar-refractivity contribution >= 4 is 5.97 Å². The summed E-state index contributed by atoms with van der Waals surface area (Å²) in [5.41, 5.74) is 0.957. The van der Waals surface area contributed by atoms with Crippen LogP contribution in [0.4, 0.5) is 0 Å². The number of rotatable bonds is 17. The number of hydrogen-bond donors (Lipinski definition) is 3. The average molecular weight is 415 g/mol. The number of allylic oxidation sites excluding steroid dienone is 1. The Morgan fingerprint density at radius 3 is 1.90 bits per heavy atom. The van der Waals surface area contributed by atoms with Crippen LogP contribution in [0.1, 0.15) is 92.4 Å². The molecule has 0 aliphatic carbocycles. The molecule has 0 saturated heterocycles. The van der Waals surface area contributed by atoms with Gasteiger partial charge >= 0.3 is 5.97 Å². The van der Waals surface area contributed by atoms with Crippen molar-refractivity contribution < 1.29 is 24.9 Å². The second-order valence-corrected chi connectivity index (χ2v) is 9.30. The monoisotopic (exact) mass is 414 g/mol. The van der Waals surface area contributed by atoms with Crippen LogP contribution in [-0.2, 0) is 9.53 Å². The summed E-state index contributed by atoms with van der Waals surface area (Å²) in [4.78, 5) is 11.7. The largest absolute Gasteiger partial charge is 0.460 e. The van der Waals surface area contributed by atoms with Crippen molar-refractivity contribution in [2.75, 3.05) is 13.2 Å². The Bertz CT molecular complexity index is 447. The van der Waals surface area contributed by atoms with Crippen molar-refractivity contribution in [3.05, 3.63) is 11.6 Å². The van der Waals surface area contributed by atoms with Gasteiger partial charge in [-0.3, -0.25) is 0 Å². The molecule has 0 bridgehead atoms. The Morgan fingerprint density at radius 1 is 0.862 bits per heavy atom. The fraction of sp³-hybridized carbons (Fsp3) is 0.875. The summed E-state index contributed by atoms with van der Waals surface area (Å²) in [6, 6.07) is 0. The predicted molar refractivity (Wildman–Crippen MR) is 119 cm³/mol. The number of carbonyl (C=O) groups excluding carboxylic acids is 1. The van der Waals surface area contributed by atoms with Crippen molar-refractivity contribution in [3.63, 3.8) is 0 Å². The zero-order valence-corrected chi connectivity index (χ0v) is 19.4. The van der Waals surface area contributed by atoms with Crippen molar-refractivity contribution in [2.24, 2.45) is 17.8 Å². The Balaban J connectivity index is 3.87. The van der Waals surface area contributed by atoms with Crippen LogP contribution in [0.15, 0.2) is 11.6 Å². The minimum Gasteiger partial charge on any atom is -0.460 e. The highest BCUT2D eigenvalue weighted by molar-refractivity contribution is 5.82. The molecule has 0 aromatic carbocycles. The van der Waals surface area contributed by atoms with E-state index in [2.05, 4.69) is 27.7 Å². The zero-order valence-electron chi connectivity index (χ0n) is 19.4. The van der Waals surface area contributed by atoms with Gasteiger partial charge in [0.15, 0.2) is 0 Å². The number of hydrogen-bond acceptors (Lipinski definition) is 5. The van der Waals surface area contributed by atoms with Crippen LogP contribution in [0.2, 0.25) is 0 Å². The summed E-state index contributed by atoms with van der Waals surface area (Å²) in [6.07, 6.45) is 9.87. The highest BCUT2D eigenvalue weighted by atomic mass is 16.5. The minimum absolute atomic E-state index is 0.322. The lowest BCUT2D eigenvalue weighted by Gasteiger charge is -2.15. The molecule has 0 aromatic rings. The maximum absolute atomic E-state index is 11.7. The summed E-state index contributed by atoms with van der Waals surface area (Å²) >= 11 is 0. The van der Waals surface area contributed by atoms with E-state index < -0.39 is 24.8 Å². The second kappa shape index (κ2) is 16.8. The van der Waals surface area contributed by atoms with Gasteiger partial charge < -0.3 is 20.1 Å². The molecule has 4 atom stereocenters. The highest BCUT2D eigenvalue weighted by Gasteiger charge is 2.16. The van der Waals surface area contributed by atoms with Gasteiger partial charge in [0.05, 0.1) is 6.61 Å². The first-order chi connectivity index (χ1) is 13.6. The number of esters is 1. The summed E-state index contributed by atoms with van der Waals surface area (Å²) in [7, 11) is 0. The fourth-order valence-electron chi connectivity index (χ4n) is 3.42. The number of ether oxygens (including phenoxy) is 1. The molecule has 5 nitrogen and oxygen atoms in total. The molecule has 3 N–H and O–H groups in total. The van der Waals surface area contributed by atoms with E-state index in [1.807, 2.05) is 6.92 Å². The first-order valence-corrected chi connectivity index (χ1v) is 11.5. The van der Waals surface area contributed by atoms with Gasteiger partial charge in [-0.1, -0.05) is 78.2 Å². The van der Waals surface area contributed by atoms with Crippen LogP contribution < -0.4 is 0 Å². The Kier molecular flexibility index (Phi) is 16.3. The maximum atomic E-state index is 11.7. The van der Waals surface area contributed by atoms with E-state index >= 15 is 0 Å². The number of carbonyl (C=O) groups is 1. The van der Waals surface area contributed by atoms with E-state index in [4.69, 9.17) is 9.84 Å². The van der Waals surface area contributed by atoms with Crippen LogP contribution in [0.3, 0.4) is 0 Å². The molecular formula is C24H46O5. The highest BCUT2D eigenvalue weighted by Crippen LogP contribution is 2.22. The Morgan fingerprint density at radius 2 is 1.38 bits per heavy atom. The molecule has 4 unspecified atom stereocenters. The quantitative estimate of drug-likeness (QED) is 0.239. The molecule has 0 amide bonds. The molecule has 0 aromatic heterocycles. The summed E-state index contributed by atoms with van der Waals surface area (Å²) in [5.74, 6) is 1.82. The van der Waals surface area contributed by atoms with E-state index in [1.165, 1.54) is 44.6 Å². The Labute approximate surface area is 178 Å². The predicted octanol–water partition coefficient (Wildman–Crippen LogP) is 4.63. The third-order valence-electron chi connectivity index (χ3n) is 5.53. The third kappa shape index (κ3) is 16.6. The molecule has 0 fully saturated rings. The van der Waals surface area contributed by atoms with E-state index in [-0.39, 0.29) is 6.61 Å². The molecule has 5 heteroatoms. The van der Waals surface area contributed by atoms with E-state index in [9.17, 15) is 15.0 Å². The van der Waals surface area contributed by atoms with Crippen LogP contribution in [-0.4, -0.2) is 46.7 Å². The number of aliphatic hydroxyl groups is 3. The van der Waals surface area contributed by atoms with Crippen LogP contribution in [0.5, 0.6) is 0 Å². The fourth-order valence-corrected chi connectivity index (χ4v) is 3.42. The summed E-state index contributed by atoms with van der Waals surface area (Å²) in [5, 5.41) is 27.4. The molecule has 0 heterocycles. The topological polar surface area (TPSA) is 87.0 Å². The van der Waals surface area contributed by atoms with Crippen LogP contribution in [0.25, 0.3) is 0 Å². The van der Waals surface area contributed by atoms with Gasteiger partial charge in [0, 0.05) is 6.08 Å². The van der Waals surface area contributed by atoms with Crippen LogP contribution >= 0.6 is 0 Å². The lowest BCUT2D eigenvalue weighted by molar-refractivity contribution is -0.143. The first kappa shape index (κ1) is 28.1. The third-order valence-corrected chi connectivity index (χ3v) is 5.53. The molecule has 29 heavy (non-hydrogen) atoms. The smallest absolute Gasteiger partial charge is 0.330 e.